The lowest BCUT2D eigenvalue weighted by atomic mass is 10.2. The number of carbonyl (C=O) groups is 2. The molecule has 5 nitrogen and oxygen atoms in total. The lowest BCUT2D eigenvalue weighted by Gasteiger charge is -2.00. The summed E-state index contributed by atoms with van der Waals surface area (Å²) in [6.45, 7) is 1.96. The minimum absolute atomic E-state index is 0.00498. The number of rotatable bonds is 8. The fourth-order valence-corrected chi connectivity index (χ4v) is 4.71. The molecule has 0 unspecified atom stereocenters. The van der Waals surface area contributed by atoms with E-state index in [9.17, 15) is 9.59 Å². The molecule has 134 valence electrons. The third kappa shape index (κ3) is 5.48. The molecule has 0 bridgehead atoms. The van der Waals surface area contributed by atoms with Crippen LogP contribution in [0.15, 0.2) is 46.8 Å². The molecule has 0 atom stereocenters. The number of nitrogens with one attached hydrogen (secondary N) is 1. The maximum atomic E-state index is 12.0. The van der Waals surface area contributed by atoms with E-state index in [1.165, 1.54) is 28.2 Å². The Morgan fingerprint density at radius 1 is 1.04 bits per heavy atom. The smallest absolute Gasteiger partial charge is 0.226 e. The molecule has 26 heavy (non-hydrogen) atoms. The van der Waals surface area contributed by atoms with Gasteiger partial charge < -0.3 is 5.32 Å². The Balaban J connectivity index is 1.44. The summed E-state index contributed by atoms with van der Waals surface area (Å²) in [7, 11) is 0. The highest BCUT2D eigenvalue weighted by Gasteiger charge is 2.13. The van der Waals surface area contributed by atoms with Crippen molar-refractivity contribution in [2.45, 2.75) is 29.9 Å². The number of ketones is 1. The van der Waals surface area contributed by atoms with Crippen molar-refractivity contribution >= 4 is 51.3 Å². The first-order valence-electron chi connectivity index (χ1n) is 8.00. The van der Waals surface area contributed by atoms with Gasteiger partial charge in [0, 0.05) is 23.5 Å². The van der Waals surface area contributed by atoms with Crippen LogP contribution in [-0.2, 0) is 10.5 Å². The van der Waals surface area contributed by atoms with E-state index >= 15 is 0 Å². The van der Waals surface area contributed by atoms with Crippen LogP contribution in [0.1, 0.15) is 33.0 Å². The average Bonchev–Trinajstić information content (AvgIpc) is 3.28. The fraction of sp³-hybridized carbons (Fsp3) is 0.222. The van der Waals surface area contributed by atoms with Crippen LogP contribution >= 0.6 is 34.4 Å². The van der Waals surface area contributed by atoms with Crippen LogP contribution in [0.3, 0.4) is 0 Å². The predicted molar refractivity (Wildman–Crippen MR) is 107 cm³/mol. The molecule has 1 N–H and O–H groups in total. The van der Waals surface area contributed by atoms with Crippen molar-refractivity contribution in [2.24, 2.45) is 0 Å². The molecular weight excluding hydrogens is 386 g/mol. The summed E-state index contributed by atoms with van der Waals surface area (Å²) in [5, 5.41) is 11.3. The summed E-state index contributed by atoms with van der Waals surface area (Å²) < 4.78 is 0.800. The SMILES string of the molecule is Cc1ccc(C(=O)CCC(=O)Nc2nnc(SCc3ccccc3)s2)s1. The van der Waals surface area contributed by atoms with Gasteiger partial charge in [-0.1, -0.05) is 53.4 Å². The number of aromatic nitrogens is 2. The van der Waals surface area contributed by atoms with Crippen LogP contribution in [0.4, 0.5) is 5.13 Å². The summed E-state index contributed by atoms with van der Waals surface area (Å²) in [6, 6.07) is 13.8. The quantitative estimate of drug-likeness (QED) is 0.332. The first-order valence-corrected chi connectivity index (χ1v) is 10.6. The molecule has 3 rings (SSSR count). The lowest BCUT2D eigenvalue weighted by molar-refractivity contribution is -0.116. The molecule has 3 aromatic rings. The minimum atomic E-state index is -0.220. The second-order valence-corrected chi connectivity index (χ2v) is 9.02. The Hall–Kier alpha value is -2.03. The number of carbonyl (C=O) groups excluding carboxylic acids is 2. The average molecular weight is 404 g/mol. The Kier molecular flexibility index (Phi) is 6.54. The monoisotopic (exact) mass is 403 g/mol. The number of hydrogen-bond acceptors (Lipinski definition) is 7. The van der Waals surface area contributed by atoms with Crippen molar-refractivity contribution in [3.63, 3.8) is 0 Å². The molecule has 0 aliphatic carbocycles. The van der Waals surface area contributed by atoms with E-state index in [2.05, 4.69) is 27.6 Å². The number of thioether (sulfide) groups is 1. The van der Waals surface area contributed by atoms with Crippen LogP contribution in [0.25, 0.3) is 0 Å². The van der Waals surface area contributed by atoms with Crippen molar-refractivity contribution in [1.82, 2.24) is 10.2 Å². The van der Waals surface area contributed by atoms with Gasteiger partial charge in [0.25, 0.3) is 0 Å². The molecule has 0 saturated heterocycles. The van der Waals surface area contributed by atoms with Gasteiger partial charge in [-0.15, -0.1) is 21.5 Å². The van der Waals surface area contributed by atoms with Gasteiger partial charge in [0.15, 0.2) is 10.1 Å². The summed E-state index contributed by atoms with van der Waals surface area (Å²) in [6.07, 6.45) is 0.335. The molecule has 2 aromatic heterocycles. The number of benzene rings is 1. The standard InChI is InChI=1S/C18H17N3O2S3/c1-12-7-9-15(25-12)14(22)8-10-16(23)19-17-20-21-18(26-17)24-11-13-5-3-2-4-6-13/h2-7,9H,8,10-11H2,1H3,(H,19,20,23). The first kappa shape index (κ1) is 18.8. The zero-order chi connectivity index (χ0) is 18.4. The third-order valence-electron chi connectivity index (χ3n) is 3.45. The highest BCUT2D eigenvalue weighted by molar-refractivity contribution is 8.00. The number of nitrogens with zero attached hydrogens (tertiary/aromatic N) is 2. The number of amides is 1. The second kappa shape index (κ2) is 9.07. The van der Waals surface area contributed by atoms with Gasteiger partial charge in [-0.3, -0.25) is 9.59 Å². The van der Waals surface area contributed by atoms with E-state index in [-0.39, 0.29) is 24.5 Å². The topological polar surface area (TPSA) is 72.0 Å². The Morgan fingerprint density at radius 3 is 2.58 bits per heavy atom. The summed E-state index contributed by atoms with van der Waals surface area (Å²) in [4.78, 5) is 25.8. The van der Waals surface area contributed by atoms with E-state index in [0.29, 0.717) is 10.0 Å². The van der Waals surface area contributed by atoms with Gasteiger partial charge in [0.05, 0.1) is 4.88 Å². The molecule has 0 aliphatic rings. The zero-order valence-corrected chi connectivity index (χ0v) is 16.5. The normalized spacial score (nSPS) is 10.7. The van der Waals surface area contributed by atoms with Crippen molar-refractivity contribution < 1.29 is 9.59 Å². The van der Waals surface area contributed by atoms with Gasteiger partial charge in [-0.2, -0.15) is 0 Å². The van der Waals surface area contributed by atoms with Crippen LogP contribution < -0.4 is 5.32 Å². The molecular formula is C18H17N3O2S3. The van der Waals surface area contributed by atoms with Crippen molar-refractivity contribution in [3.8, 4) is 0 Å². The van der Waals surface area contributed by atoms with Crippen LogP contribution in [0, 0.1) is 6.92 Å². The highest BCUT2D eigenvalue weighted by Crippen LogP contribution is 2.28. The third-order valence-corrected chi connectivity index (χ3v) is 6.54. The molecule has 8 heteroatoms. The summed E-state index contributed by atoms with van der Waals surface area (Å²) >= 11 is 4.37. The van der Waals surface area contributed by atoms with Gasteiger partial charge in [-0.05, 0) is 24.6 Å². The largest absolute Gasteiger partial charge is 0.300 e. The minimum Gasteiger partial charge on any atom is -0.300 e. The molecule has 0 saturated carbocycles. The summed E-state index contributed by atoms with van der Waals surface area (Å²) in [5.41, 5.74) is 1.21. The van der Waals surface area contributed by atoms with Gasteiger partial charge in [0.1, 0.15) is 0 Å². The predicted octanol–water partition coefficient (Wildman–Crippen LogP) is 4.80. The lowest BCUT2D eigenvalue weighted by Crippen LogP contribution is -2.13. The first-order chi connectivity index (χ1) is 12.6. The van der Waals surface area contributed by atoms with E-state index in [1.54, 1.807) is 17.8 Å². The van der Waals surface area contributed by atoms with Crippen LogP contribution in [0.2, 0.25) is 0 Å². The van der Waals surface area contributed by atoms with Gasteiger partial charge in [0.2, 0.25) is 11.0 Å². The molecule has 1 aromatic carbocycles. The molecule has 2 heterocycles. The van der Waals surface area contributed by atoms with Gasteiger partial charge >= 0.3 is 0 Å². The number of Topliss-reactive ketones (excluding diaryl/α,β-unsaturated/α-hetero) is 1. The van der Waals surface area contributed by atoms with Gasteiger partial charge in [-0.25, -0.2) is 0 Å². The van der Waals surface area contributed by atoms with Crippen LogP contribution in [0.5, 0.6) is 0 Å². The molecule has 0 radical (unpaired) electrons. The van der Waals surface area contributed by atoms with E-state index < -0.39 is 0 Å². The second-order valence-electron chi connectivity index (χ2n) is 5.53. The van der Waals surface area contributed by atoms with E-state index in [0.717, 1.165) is 15.0 Å². The Bertz CT molecular complexity index is 890. The maximum Gasteiger partial charge on any atom is 0.226 e. The maximum absolute atomic E-state index is 12.0. The highest BCUT2D eigenvalue weighted by atomic mass is 32.2. The fourth-order valence-electron chi connectivity index (χ4n) is 2.15. The molecule has 0 aliphatic heterocycles. The zero-order valence-electron chi connectivity index (χ0n) is 14.1. The van der Waals surface area contributed by atoms with Crippen molar-refractivity contribution in [3.05, 3.63) is 57.8 Å². The summed E-state index contributed by atoms with van der Waals surface area (Å²) in [5.74, 6) is 0.579. The Labute approximate surface area is 163 Å². The number of aryl methyl sites for hydroxylation is 1. The number of hydrogen-bond donors (Lipinski definition) is 1. The number of thiophene rings is 1. The van der Waals surface area contributed by atoms with E-state index in [4.69, 9.17) is 0 Å². The van der Waals surface area contributed by atoms with Crippen molar-refractivity contribution in [1.29, 1.82) is 0 Å². The number of anilines is 1. The Morgan fingerprint density at radius 2 is 1.85 bits per heavy atom. The molecule has 1 amide bonds. The molecule has 0 spiro atoms. The molecule has 0 fully saturated rings. The van der Waals surface area contributed by atoms with E-state index in [1.807, 2.05) is 31.2 Å². The van der Waals surface area contributed by atoms with Crippen LogP contribution in [-0.4, -0.2) is 21.9 Å². The van der Waals surface area contributed by atoms with Crippen molar-refractivity contribution in [2.75, 3.05) is 5.32 Å².